The van der Waals surface area contributed by atoms with Crippen molar-refractivity contribution in [2.75, 3.05) is 13.2 Å². The standard InChI is InChI=1S/C13H14O3/c1-2-8-5-11(14)10-7-13-12(6-9(8)10)15-3-4-16-13/h6-8H,2-5H2,1H3. The number of carbonyl (C=O) groups is 1. The van der Waals surface area contributed by atoms with E-state index in [1.54, 1.807) is 0 Å². The normalized spacial score (nSPS) is 22.1. The molecule has 0 bridgehead atoms. The van der Waals surface area contributed by atoms with Crippen LogP contribution in [0.15, 0.2) is 12.1 Å². The SMILES string of the molecule is CCC1CC(=O)c2cc3c(cc21)OCCO3. The molecule has 1 heterocycles. The second-order valence-corrected chi connectivity index (χ2v) is 4.32. The Morgan fingerprint density at radius 1 is 1.25 bits per heavy atom. The van der Waals surface area contributed by atoms with Crippen LogP contribution in [0.5, 0.6) is 11.5 Å². The number of hydrogen-bond acceptors (Lipinski definition) is 3. The molecule has 0 saturated heterocycles. The smallest absolute Gasteiger partial charge is 0.163 e. The summed E-state index contributed by atoms with van der Waals surface area (Å²) >= 11 is 0. The van der Waals surface area contributed by atoms with Gasteiger partial charge in [-0.15, -0.1) is 0 Å². The van der Waals surface area contributed by atoms with Crippen molar-refractivity contribution >= 4 is 5.78 Å². The van der Waals surface area contributed by atoms with Gasteiger partial charge >= 0.3 is 0 Å². The predicted octanol–water partition coefficient (Wildman–Crippen LogP) is 2.54. The van der Waals surface area contributed by atoms with Crippen molar-refractivity contribution < 1.29 is 14.3 Å². The number of rotatable bonds is 1. The number of ether oxygens (including phenoxy) is 2. The van der Waals surface area contributed by atoms with Gasteiger partial charge in [0.2, 0.25) is 0 Å². The van der Waals surface area contributed by atoms with Gasteiger partial charge < -0.3 is 9.47 Å². The van der Waals surface area contributed by atoms with Crippen LogP contribution in [-0.2, 0) is 0 Å². The molecule has 3 rings (SSSR count). The fraction of sp³-hybridized carbons (Fsp3) is 0.462. The minimum atomic E-state index is 0.235. The highest BCUT2D eigenvalue weighted by atomic mass is 16.6. The first kappa shape index (κ1) is 9.70. The number of carbonyl (C=O) groups excluding carboxylic acids is 1. The summed E-state index contributed by atoms with van der Waals surface area (Å²) in [7, 11) is 0. The topological polar surface area (TPSA) is 35.5 Å². The van der Waals surface area contributed by atoms with Crippen LogP contribution in [0.4, 0.5) is 0 Å². The van der Waals surface area contributed by atoms with Gasteiger partial charge in [0, 0.05) is 12.0 Å². The molecule has 1 aromatic rings. The van der Waals surface area contributed by atoms with E-state index in [0.717, 1.165) is 29.0 Å². The van der Waals surface area contributed by atoms with Crippen LogP contribution in [0.1, 0.15) is 41.6 Å². The van der Waals surface area contributed by atoms with Gasteiger partial charge in [-0.1, -0.05) is 6.92 Å². The fourth-order valence-electron chi connectivity index (χ4n) is 2.49. The van der Waals surface area contributed by atoms with Crippen LogP contribution >= 0.6 is 0 Å². The molecular weight excluding hydrogens is 204 g/mol. The first-order valence-electron chi connectivity index (χ1n) is 5.76. The maximum Gasteiger partial charge on any atom is 0.163 e. The zero-order chi connectivity index (χ0) is 11.1. The molecule has 0 spiro atoms. The molecular formula is C13H14O3. The van der Waals surface area contributed by atoms with Crippen LogP contribution in [0.25, 0.3) is 0 Å². The van der Waals surface area contributed by atoms with E-state index < -0.39 is 0 Å². The van der Waals surface area contributed by atoms with E-state index in [0.29, 0.717) is 25.6 Å². The average Bonchev–Trinajstić information content (AvgIpc) is 2.63. The second-order valence-electron chi connectivity index (χ2n) is 4.32. The van der Waals surface area contributed by atoms with Gasteiger partial charge in [0.25, 0.3) is 0 Å². The van der Waals surface area contributed by atoms with E-state index in [2.05, 4.69) is 6.92 Å². The Morgan fingerprint density at radius 2 is 1.94 bits per heavy atom. The quantitative estimate of drug-likeness (QED) is 0.726. The lowest BCUT2D eigenvalue weighted by Gasteiger charge is -2.20. The van der Waals surface area contributed by atoms with Crippen LogP contribution in [0.3, 0.4) is 0 Å². The molecule has 3 nitrogen and oxygen atoms in total. The van der Waals surface area contributed by atoms with Crippen molar-refractivity contribution in [2.45, 2.75) is 25.7 Å². The average molecular weight is 218 g/mol. The molecule has 1 aliphatic carbocycles. The van der Waals surface area contributed by atoms with Crippen LogP contribution in [0.2, 0.25) is 0 Å². The van der Waals surface area contributed by atoms with Crippen LogP contribution < -0.4 is 9.47 Å². The molecule has 0 aromatic heterocycles. The van der Waals surface area contributed by atoms with Crippen molar-refractivity contribution in [2.24, 2.45) is 0 Å². The number of benzene rings is 1. The lowest BCUT2D eigenvalue weighted by Crippen LogP contribution is -2.15. The molecule has 3 heteroatoms. The summed E-state index contributed by atoms with van der Waals surface area (Å²) in [5, 5.41) is 0. The zero-order valence-electron chi connectivity index (χ0n) is 9.29. The van der Waals surface area contributed by atoms with E-state index in [1.807, 2.05) is 12.1 Å². The molecule has 1 atom stereocenters. The molecule has 0 amide bonds. The van der Waals surface area contributed by atoms with Gasteiger partial charge in [0.1, 0.15) is 13.2 Å². The first-order valence-corrected chi connectivity index (χ1v) is 5.76. The lowest BCUT2D eigenvalue weighted by atomic mass is 9.98. The lowest BCUT2D eigenvalue weighted by molar-refractivity contribution is 0.0987. The minimum Gasteiger partial charge on any atom is -0.486 e. The van der Waals surface area contributed by atoms with Gasteiger partial charge in [-0.2, -0.15) is 0 Å². The van der Waals surface area contributed by atoms with E-state index in [-0.39, 0.29) is 5.78 Å². The number of ketones is 1. The molecule has 16 heavy (non-hydrogen) atoms. The first-order chi connectivity index (χ1) is 7.79. The highest BCUT2D eigenvalue weighted by Crippen LogP contribution is 2.42. The molecule has 0 saturated carbocycles. The Labute approximate surface area is 94.4 Å². The fourth-order valence-corrected chi connectivity index (χ4v) is 2.49. The van der Waals surface area contributed by atoms with Crippen molar-refractivity contribution in [3.63, 3.8) is 0 Å². The highest BCUT2D eigenvalue weighted by molar-refractivity contribution is 6.02. The molecule has 1 aromatic carbocycles. The largest absolute Gasteiger partial charge is 0.486 e. The number of hydrogen-bond donors (Lipinski definition) is 0. The Bertz CT molecular complexity index is 451. The molecule has 0 N–H and O–H groups in total. The summed E-state index contributed by atoms with van der Waals surface area (Å²) in [6.07, 6.45) is 1.63. The van der Waals surface area contributed by atoms with Crippen LogP contribution in [0, 0.1) is 0 Å². The number of fused-ring (bicyclic) bond motifs is 2. The summed E-state index contributed by atoms with van der Waals surface area (Å²) in [6.45, 7) is 3.28. The molecule has 1 aliphatic heterocycles. The summed E-state index contributed by atoms with van der Waals surface area (Å²) in [5.41, 5.74) is 1.97. The zero-order valence-corrected chi connectivity index (χ0v) is 9.29. The van der Waals surface area contributed by atoms with E-state index in [4.69, 9.17) is 9.47 Å². The summed E-state index contributed by atoms with van der Waals surface area (Å²) in [6, 6.07) is 3.84. The Morgan fingerprint density at radius 3 is 2.62 bits per heavy atom. The second kappa shape index (κ2) is 3.51. The third kappa shape index (κ3) is 1.31. The van der Waals surface area contributed by atoms with Gasteiger partial charge in [-0.05, 0) is 30.0 Å². The van der Waals surface area contributed by atoms with E-state index in [9.17, 15) is 4.79 Å². The van der Waals surface area contributed by atoms with Crippen molar-refractivity contribution in [1.29, 1.82) is 0 Å². The van der Waals surface area contributed by atoms with Gasteiger partial charge in [0.15, 0.2) is 17.3 Å². The number of Topliss-reactive ketones (excluding diaryl/α,β-unsaturated/α-hetero) is 1. The Hall–Kier alpha value is -1.51. The summed E-state index contributed by atoms with van der Waals surface area (Å²) in [4.78, 5) is 11.8. The monoisotopic (exact) mass is 218 g/mol. The van der Waals surface area contributed by atoms with Gasteiger partial charge in [-0.3, -0.25) is 4.79 Å². The predicted molar refractivity (Wildman–Crippen MR) is 59.4 cm³/mol. The third-order valence-corrected chi connectivity index (χ3v) is 3.38. The maximum absolute atomic E-state index is 11.8. The Kier molecular flexibility index (Phi) is 2.13. The van der Waals surface area contributed by atoms with E-state index in [1.165, 1.54) is 0 Å². The molecule has 1 unspecified atom stereocenters. The molecule has 84 valence electrons. The summed E-state index contributed by atoms with van der Waals surface area (Å²) < 4.78 is 11.0. The van der Waals surface area contributed by atoms with E-state index >= 15 is 0 Å². The van der Waals surface area contributed by atoms with Crippen molar-refractivity contribution in [1.82, 2.24) is 0 Å². The van der Waals surface area contributed by atoms with Gasteiger partial charge in [-0.25, -0.2) is 0 Å². The molecule has 0 fully saturated rings. The highest BCUT2D eigenvalue weighted by Gasteiger charge is 2.30. The van der Waals surface area contributed by atoms with Crippen LogP contribution in [-0.4, -0.2) is 19.0 Å². The molecule has 0 radical (unpaired) electrons. The Balaban J connectivity index is 2.12. The third-order valence-electron chi connectivity index (χ3n) is 3.38. The van der Waals surface area contributed by atoms with Crippen molar-refractivity contribution in [3.8, 4) is 11.5 Å². The molecule has 2 aliphatic rings. The van der Waals surface area contributed by atoms with Crippen molar-refractivity contribution in [3.05, 3.63) is 23.3 Å². The minimum absolute atomic E-state index is 0.235. The van der Waals surface area contributed by atoms with Gasteiger partial charge in [0.05, 0.1) is 0 Å². The summed E-state index contributed by atoms with van der Waals surface area (Å²) in [5.74, 6) is 2.10. The maximum atomic E-state index is 11.8.